The number of rotatable bonds is 6. The second kappa shape index (κ2) is 7.12. The van der Waals surface area contributed by atoms with Gasteiger partial charge in [0.05, 0.1) is 6.42 Å². The minimum atomic E-state index is -3.38. The third-order valence-electron chi connectivity index (χ3n) is 3.70. The molecule has 0 aliphatic carbocycles. The molecule has 1 N–H and O–H groups in total. The quantitative estimate of drug-likeness (QED) is 0.849. The molecule has 3 heterocycles. The van der Waals surface area contributed by atoms with Crippen LogP contribution < -0.4 is 5.32 Å². The summed E-state index contributed by atoms with van der Waals surface area (Å²) in [6, 6.07) is 5.31. The van der Waals surface area contributed by atoms with E-state index in [9.17, 15) is 13.2 Å². The molecule has 8 heteroatoms. The summed E-state index contributed by atoms with van der Waals surface area (Å²) >= 11 is 2.78. The number of hydrogen-bond donors (Lipinski definition) is 1. The van der Waals surface area contributed by atoms with Gasteiger partial charge >= 0.3 is 0 Å². The van der Waals surface area contributed by atoms with Gasteiger partial charge in [0.15, 0.2) is 0 Å². The number of thiophene rings is 2. The molecule has 0 atom stereocenters. The van der Waals surface area contributed by atoms with Crippen molar-refractivity contribution in [3.8, 4) is 0 Å². The van der Waals surface area contributed by atoms with E-state index in [4.69, 9.17) is 0 Å². The van der Waals surface area contributed by atoms with E-state index in [0.29, 0.717) is 23.8 Å². The zero-order valence-electron chi connectivity index (χ0n) is 12.5. The van der Waals surface area contributed by atoms with Crippen LogP contribution in [0.25, 0.3) is 0 Å². The van der Waals surface area contributed by atoms with E-state index < -0.39 is 10.0 Å². The number of nitrogens with one attached hydrogen (secondary N) is 1. The van der Waals surface area contributed by atoms with Gasteiger partial charge in [0.2, 0.25) is 5.91 Å². The zero-order valence-corrected chi connectivity index (χ0v) is 15.0. The van der Waals surface area contributed by atoms with Gasteiger partial charge in [-0.1, -0.05) is 0 Å². The first kappa shape index (κ1) is 16.6. The Bertz CT molecular complexity index is 760. The number of sulfonamides is 1. The van der Waals surface area contributed by atoms with E-state index in [1.54, 1.807) is 23.5 Å². The van der Waals surface area contributed by atoms with Gasteiger partial charge in [0.1, 0.15) is 4.21 Å². The summed E-state index contributed by atoms with van der Waals surface area (Å²) in [5, 5.41) is 6.81. The largest absolute Gasteiger partial charge is 0.352 e. The molecule has 1 amide bonds. The fraction of sp³-hybridized carbons (Fsp3) is 0.400. The summed E-state index contributed by atoms with van der Waals surface area (Å²) in [5.74, 6) is -0.0943. The third kappa shape index (κ3) is 4.00. The predicted octanol–water partition coefficient (Wildman–Crippen LogP) is 2.45. The van der Waals surface area contributed by atoms with E-state index in [0.717, 1.165) is 23.3 Å². The predicted molar refractivity (Wildman–Crippen MR) is 92.2 cm³/mol. The Morgan fingerprint density at radius 3 is 2.70 bits per heavy atom. The van der Waals surface area contributed by atoms with Crippen molar-refractivity contribution in [1.82, 2.24) is 9.62 Å². The molecule has 23 heavy (non-hydrogen) atoms. The van der Waals surface area contributed by atoms with Crippen LogP contribution in [0.3, 0.4) is 0 Å². The molecule has 0 spiro atoms. The first-order valence-electron chi connectivity index (χ1n) is 7.42. The molecule has 1 aliphatic heterocycles. The van der Waals surface area contributed by atoms with E-state index in [-0.39, 0.29) is 12.3 Å². The highest BCUT2D eigenvalue weighted by Gasteiger charge is 2.28. The molecule has 2 aromatic heterocycles. The van der Waals surface area contributed by atoms with Gasteiger partial charge in [-0.2, -0.15) is 15.6 Å². The first-order chi connectivity index (χ1) is 11.1. The summed E-state index contributed by atoms with van der Waals surface area (Å²) < 4.78 is 26.8. The maximum Gasteiger partial charge on any atom is 0.252 e. The Morgan fingerprint density at radius 1 is 1.22 bits per heavy atom. The van der Waals surface area contributed by atoms with Crippen molar-refractivity contribution in [2.24, 2.45) is 0 Å². The standard InChI is InChI=1S/C15H18N2O3S3/c18-14(16-10-12-5-8-21-11-12)9-13-3-4-15(22-13)23(19,20)17-6-1-2-7-17/h3-5,8,11H,1-2,6-7,9-10H2,(H,16,18). The van der Waals surface area contributed by atoms with Gasteiger partial charge in [-0.25, -0.2) is 8.42 Å². The lowest BCUT2D eigenvalue weighted by Crippen LogP contribution is -2.27. The summed E-state index contributed by atoms with van der Waals surface area (Å²) in [7, 11) is -3.38. The van der Waals surface area contributed by atoms with Crippen LogP contribution >= 0.6 is 22.7 Å². The Kier molecular flexibility index (Phi) is 5.15. The lowest BCUT2D eigenvalue weighted by molar-refractivity contribution is -0.120. The molecule has 0 aromatic carbocycles. The van der Waals surface area contributed by atoms with Gasteiger partial charge in [-0.3, -0.25) is 4.79 Å². The summed E-state index contributed by atoms with van der Waals surface area (Å²) in [6.45, 7) is 1.69. The highest BCUT2D eigenvalue weighted by molar-refractivity contribution is 7.91. The van der Waals surface area contributed by atoms with E-state index >= 15 is 0 Å². The molecule has 0 bridgehead atoms. The smallest absolute Gasteiger partial charge is 0.252 e. The maximum atomic E-state index is 12.5. The van der Waals surface area contributed by atoms with Gasteiger partial charge in [-0.15, -0.1) is 11.3 Å². The number of amides is 1. The van der Waals surface area contributed by atoms with Gasteiger partial charge in [0, 0.05) is 24.5 Å². The molecule has 124 valence electrons. The van der Waals surface area contributed by atoms with Crippen LogP contribution in [0, 0.1) is 0 Å². The van der Waals surface area contributed by atoms with Crippen molar-refractivity contribution in [2.45, 2.75) is 30.0 Å². The van der Waals surface area contributed by atoms with Crippen LogP contribution in [-0.4, -0.2) is 31.7 Å². The van der Waals surface area contributed by atoms with E-state index in [1.165, 1.54) is 15.6 Å². The zero-order chi connectivity index (χ0) is 16.3. The summed E-state index contributed by atoms with van der Waals surface area (Å²) in [4.78, 5) is 12.7. The lowest BCUT2D eigenvalue weighted by atomic mass is 10.3. The van der Waals surface area contributed by atoms with Crippen molar-refractivity contribution < 1.29 is 13.2 Å². The van der Waals surface area contributed by atoms with Crippen LogP contribution in [0.1, 0.15) is 23.3 Å². The SMILES string of the molecule is O=C(Cc1ccc(S(=O)(=O)N2CCCC2)s1)NCc1ccsc1. The number of carbonyl (C=O) groups excluding carboxylic acids is 1. The fourth-order valence-corrected chi connectivity index (χ4v) is 6.16. The van der Waals surface area contributed by atoms with Crippen molar-refractivity contribution >= 4 is 38.6 Å². The van der Waals surface area contributed by atoms with Crippen molar-refractivity contribution in [1.29, 1.82) is 0 Å². The number of carbonyl (C=O) groups is 1. The minimum Gasteiger partial charge on any atom is -0.352 e. The Morgan fingerprint density at radius 2 is 2.00 bits per heavy atom. The van der Waals surface area contributed by atoms with Gasteiger partial charge < -0.3 is 5.32 Å². The minimum absolute atomic E-state index is 0.0943. The second-order valence-electron chi connectivity index (χ2n) is 5.42. The third-order valence-corrected chi connectivity index (χ3v) is 7.88. The molecule has 3 rings (SSSR count). The Hall–Kier alpha value is -1.22. The van der Waals surface area contributed by atoms with Crippen LogP contribution in [0.2, 0.25) is 0 Å². The molecule has 0 unspecified atom stereocenters. The topological polar surface area (TPSA) is 66.5 Å². The highest BCUT2D eigenvalue weighted by atomic mass is 32.2. The molecule has 1 fully saturated rings. The normalized spacial score (nSPS) is 15.8. The van der Waals surface area contributed by atoms with Gasteiger partial charge in [-0.05, 0) is 47.4 Å². The van der Waals surface area contributed by atoms with Crippen molar-refractivity contribution in [3.05, 3.63) is 39.4 Å². The molecule has 0 saturated carbocycles. The van der Waals surface area contributed by atoms with Gasteiger partial charge in [0.25, 0.3) is 10.0 Å². The molecular weight excluding hydrogens is 352 g/mol. The average Bonchev–Trinajstić information content (AvgIpc) is 3.26. The van der Waals surface area contributed by atoms with E-state index in [1.807, 2.05) is 16.8 Å². The molecule has 1 aliphatic rings. The fourth-order valence-electron chi connectivity index (χ4n) is 2.46. The Balaban J connectivity index is 1.59. The summed E-state index contributed by atoms with van der Waals surface area (Å²) in [6.07, 6.45) is 2.05. The van der Waals surface area contributed by atoms with Crippen LogP contribution in [0.15, 0.2) is 33.2 Å². The highest BCUT2D eigenvalue weighted by Crippen LogP contribution is 2.27. The molecule has 2 aromatic rings. The lowest BCUT2D eigenvalue weighted by Gasteiger charge is -2.13. The van der Waals surface area contributed by atoms with Crippen LogP contribution in [0.5, 0.6) is 0 Å². The molecular formula is C15H18N2O3S3. The first-order valence-corrected chi connectivity index (χ1v) is 10.6. The van der Waals surface area contributed by atoms with Crippen molar-refractivity contribution in [3.63, 3.8) is 0 Å². The van der Waals surface area contributed by atoms with Crippen molar-refractivity contribution in [2.75, 3.05) is 13.1 Å². The monoisotopic (exact) mass is 370 g/mol. The Labute approximate surface area is 144 Å². The summed E-state index contributed by atoms with van der Waals surface area (Å²) in [5.41, 5.74) is 1.08. The maximum absolute atomic E-state index is 12.5. The number of nitrogens with zero attached hydrogens (tertiary/aromatic N) is 1. The number of hydrogen-bond acceptors (Lipinski definition) is 5. The average molecular weight is 371 g/mol. The molecule has 5 nitrogen and oxygen atoms in total. The molecule has 0 radical (unpaired) electrons. The van der Waals surface area contributed by atoms with Crippen LogP contribution in [-0.2, 0) is 27.8 Å². The van der Waals surface area contributed by atoms with E-state index in [2.05, 4.69) is 5.32 Å². The second-order valence-corrected chi connectivity index (χ2v) is 9.53. The molecule has 1 saturated heterocycles. The van der Waals surface area contributed by atoms with Crippen LogP contribution in [0.4, 0.5) is 0 Å².